The highest BCUT2D eigenvalue weighted by Gasteiger charge is 2.16. The molecule has 0 spiro atoms. The van der Waals surface area contributed by atoms with Gasteiger partial charge in [-0.25, -0.2) is 0 Å². The molecule has 0 atom stereocenters. The summed E-state index contributed by atoms with van der Waals surface area (Å²) < 4.78 is 0. The molecule has 0 aliphatic heterocycles. The van der Waals surface area contributed by atoms with Crippen molar-refractivity contribution in [3.63, 3.8) is 0 Å². The van der Waals surface area contributed by atoms with Gasteiger partial charge < -0.3 is 11.1 Å². The van der Waals surface area contributed by atoms with Crippen LogP contribution in [0.25, 0.3) is 0 Å². The zero-order valence-corrected chi connectivity index (χ0v) is 12.3. The van der Waals surface area contributed by atoms with Gasteiger partial charge in [0.15, 0.2) is 0 Å². The summed E-state index contributed by atoms with van der Waals surface area (Å²) in [7, 11) is 0. The molecule has 0 unspecified atom stereocenters. The molecule has 6 heteroatoms. The third kappa shape index (κ3) is 4.62. The highest BCUT2D eigenvalue weighted by molar-refractivity contribution is 5.91. The number of hydrogen-bond donors (Lipinski definition) is 2. The molecule has 0 fully saturated rings. The predicted molar refractivity (Wildman–Crippen MR) is 78.7 cm³/mol. The summed E-state index contributed by atoms with van der Waals surface area (Å²) in [5.41, 5.74) is 7.29. The second-order valence-corrected chi connectivity index (χ2v) is 5.75. The van der Waals surface area contributed by atoms with E-state index in [0.29, 0.717) is 29.7 Å². The van der Waals surface area contributed by atoms with Gasteiger partial charge in [-0.1, -0.05) is 0 Å². The second kappa shape index (κ2) is 6.00. The van der Waals surface area contributed by atoms with E-state index >= 15 is 0 Å². The number of nitrogens with two attached hydrogens (primary N) is 1. The predicted octanol–water partition coefficient (Wildman–Crippen LogP) is 2.67. The Bertz CT molecular complexity index is 533. The molecule has 1 aromatic rings. The number of nitro groups is 1. The standard InChI is InChI=1S/C14H21N3O3/c1-9-8-12(17(19)20)10(2)7-11(9)16-13(18)5-6-14(3,4)15/h7-8H,5-6,15H2,1-4H3,(H,16,18). The van der Waals surface area contributed by atoms with Gasteiger partial charge in [-0.15, -0.1) is 0 Å². The first-order valence-electron chi connectivity index (χ1n) is 6.44. The number of amides is 1. The van der Waals surface area contributed by atoms with Crippen molar-refractivity contribution in [3.05, 3.63) is 33.4 Å². The van der Waals surface area contributed by atoms with E-state index in [4.69, 9.17) is 5.73 Å². The zero-order chi connectivity index (χ0) is 15.5. The van der Waals surface area contributed by atoms with E-state index in [1.54, 1.807) is 19.9 Å². The number of carbonyl (C=O) groups is 1. The first-order chi connectivity index (χ1) is 9.10. The number of rotatable bonds is 5. The van der Waals surface area contributed by atoms with Crippen LogP contribution in [0.1, 0.15) is 37.8 Å². The molecule has 6 nitrogen and oxygen atoms in total. The Labute approximate surface area is 118 Å². The summed E-state index contributed by atoms with van der Waals surface area (Å²) in [6.45, 7) is 7.11. The Kier molecular flexibility index (Phi) is 4.83. The van der Waals surface area contributed by atoms with E-state index in [1.807, 2.05) is 13.8 Å². The minimum absolute atomic E-state index is 0.0589. The number of hydrogen-bond acceptors (Lipinski definition) is 4. The van der Waals surface area contributed by atoms with Crippen molar-refractivity contribution < 1.29 is 9.72 Å². The molecular formula is C14H21N3O3. The molecule has 20 heavy (non-hydrogen) atoms. The van der Waals surface area contributed by atoms with Crippen LogP contribution in [0.5, 0.6) is 0 Å². The topological polar surface area (TPSA) is 98.3 Å². The fourth-order valence-corrected chi connectivity index (χ4v) is 1.78. The van der Waals surface area contributed by atoms with Gasteiger partial charge in [0.25, 0.3) is 5.69 Å². The smallest absolute Gasteiger partial charge is 0.272 e. The van der Waals surface area contributed by atoms with Crippen LogP contribution in [-0.2, 0) is 4.79 Å². The van der Waals surface area contributed by atoms with Crippen molar-refractivity contribution in [2.45, 2.75) is 46.1 Å². The fourth-order valence-electron chi connectivity index (χ4n) is 1.78. The van der Waals surface area contributed by atoms with Crippen molar-refractivity contribution in [1.82, 2.24) is 0 Å². The third-order valence-corrected chi connectivity index (χ3v) is 3.01. The summed E-state index contributed by atoms with van der Waals surface area (Å²) in [6.07, 6.45) is 0.892. The first kappa shape index (κ1) is 16.1. The summed E-state index contributed by atoms with van der Waals surface area (Å²) in [5, 5.41) is 13.6. The quantitative estimate of drug-likeness (QED) is 0.639. The molecule has 1 rings (SSSR count). The number of carbonyl (C=O) groups excluding carboxylic acids is 1. The molecule has 0 saturated carbocycles. The number of nitro benzene ring substituents is 1. The lowest BCUT2D eigenvalue weighted by Crippen LogP contribution is -2.33. The van der Waals surface area contributed by atoms with Crippen LogP contribution < -0.4 is 11.1 Å². The number of benzene rings is 1. The highest BCUT2D eigenvalue weighted by Crippen LogP contribution is 2.26. The van der Waals surface area contributed by atoms with Gasteiger partial charge >= 0.3 is 0 Å². The number of nitrogens with zero attached hydrogens (tertiary/aromatic N) is 1. The summed E-state index contributed by atoms with van der Waals surface area (Å²) in [6, 6.07) is 3.09. The van der Waals surface area contributed by atoms with E-state index in [0.717, 1.165) is 0 Å². The van der Waals surface area contributed by atoms with Gasteiger partial charge in [0.05, 0.1) is 4.92 Å². The van der Waals surface area contributed by atoms with Crippen molar-refractivity contribution in [1.29, 1.82) is 0 Å². The summed E-state index contributed by atoms with van der Waals surface area (Å²) in [4.78, 5) is 22.2. The van der Waals surface area contributed by atoms with Crippen LogP contribution >= 0.6 is 0 Å². The van der Waals surface area contributed by atoms with Gasteiger partial charge in [0.2, 0.25) is 5.91 Å². The van der Waals surface area contributed by atoms with Crippen molar-refractivity contribution in [2.24, 2.45) is 5.73 Å². The Balaban J connectivity index is 2.81. The third-order valence-electron chi connectivity index (χ3n) is 3.01. The average molecular weight is 279 g/mol. The maximum absolute atomic E-state index is 11.8. The Morgan fingerprint density at radius 2 is 1.95 bits per heavy atom. The minimum Gasteiger partial charge on any atom is -0.326 e. The van der Waals surface area contributed by atoms with E-state index < -0.39 is 10.5 Å². The van der Waals surface area contributed by atoms with Crippen LogP contribution in [0.3, 0.4) is 0 Å². The molecule has 1 aromatic carbocycles. The van der Waals surface area contributed by atoms with Gasteiger partial charge in [-0.2, -0.15) is 0 Å². The SMILES string of the molecule is Cc1cc([N+](=O)[O-])c(C)cc1NC(=O)CCC(C)(C)N. The van der Waals surface area contributed by atoms with Gasteiger partial charge in [-0.05, 0) is 45.7 Å². The van der Waals surface area contributed by atoms with Crippen molar-refractivity contribution in [2.75, 3.05) is 5.32 Å². The van der Waals surface area contributed by atoms with Gasteiger partial charge in [0, 0.05) is 29.3 Å². The molecule has 3 N–H and O–H groups in total. The average Bonchev–Trinajstić information content (AvgIpc) is 2.29. The molecule has 0 bridgehead atoms. The van der Waals surface area contributed by atoms with E-state index in [9.17, 15) is 14.9 Å². The van der Waals surface area contributed by atoms with E-state index in [1.165, 1.54) is 6.07 Å². The maximum atomic E-state index is 11.8. The monoisotopic (exact) mass is 279 g/mol. The Hall–Kier alpha value is -1.95. The molecule has 0 aliphatic carbocycles. The number of nitrogens with one attached hydrogen (secondary N) is 1. The normalized spacial score (nSPS) is 11.2. The largest absolute Gasteiger partial charge is 0.326 e. The Morgan fingerprint density at radius 3 is 2.45 bits per heavy atom. The lowest BCUT2D eigenvalue weighted by Gasteiger charge is -2.18. The molecule has 1 amide bonds. The lowest BCUT2D eigenvalue weighted by atomic mass is 10.00. The van der Waals surface area contributed by atoms with Gasteiger partial charge in [-0.3, -0.25) is 14.9 Å². The fraction of sp³-hybridized carbons (Fsp3) is 0.500. The molecule has 0 aliphatic rings. The first-order valence-corrected chi connectivity index (χ1v) is 6.44. The molecule has 0 heterocycles. The van der Waals surface area contributed by atoms with E-state index in [-0.39, 0.29) is 11.6 Å². The van der Waals surface area contributed by atoms with Crippen LogP contribution in [0.4, 0.5) is 11.4 Å². The molecule has 0 aromatic heterocycles. The maximum Gasteiger partial charge on any atom is 0.272 e. The van der Waals surface area contributed by atoms with Crippen molar-refractivity contribution >= 4 is 17.3 Å². The Morgan fingerprint density at radius 1 is 1.35 bits per heavy atom. The second-order valence-electron chi connectivity index (χ2n) is 5.75. The van der Waals surface area contributed by atoms with Crippen LogP contribution in [0, 0.1) is 24.0 Å². The molecule has 0 radical (unpaired) electrons. The molecule has 110 valence electrons. The van der Waals surface area contributed by atoms with Crippen LogP contribution in [-0.4, -0.2) is 16.4 Å². The van der Waals surface area contributed by atoms with Crippen molar-refractivity contribution in [3.8, 4) is 0 Å². The van der Waals surface area contributed by atoms with E-state index in [2.05, 4.69) is 5.32 Å². The molecule has 0 saturated heterocycles. The summed E-state index contributed by atoms with van der Waals surface area (Å²) >= 11 is 0. The van der Waals surface area contributed by atoms with Gasteiger partial charge in [0.1, 0.15) is 0 Å². The highest BCUT2D eigenvalue weighted by atomic mass is 16.6. The number of anilines is 1. The van der Waals surface area contributed by atoms with Crippen LogP contribution in [0.15, 0.2) is 12.1 Å². The summed E-state index contributed by atoms with van der Waals surface area (Å²) in [5.74, 6) is -0.139. The minimum atomic E-state index is -0.426. The zero-order valence-electron chi connectivity index (χ0n) is 12.3. The van der Waals surface area contributed by atoms with Crippen LogP contribution in [0.2, 0.25) is 0 Å². The number of aryl methyl sites for hydroxylation is 2. The lowest BCUT2D eigenvalue weighted by molar-refractivity contribution is -0.385. The molecular weight excluding hydrogens is 258 g/mol.